The first-order chi connectivity index (χ1) is 11.3. The summed E-state index contributed by atoms with van der Waals surface area (Å²) in [6.07, 6.45) is 0.469. The smallest absolute Gasteiger partial charge is 0.245 e. The number of piperazine rings is 1. The van der Waals surface area contributed by atoms with Crippen LogP contribution < -0.4 is 5.32 Å². The fourth-order valence-electron chi connectivity index (χ4n) is 3.43. The Morgan fingerprint density at radius 2 is 2.00 bits per heavy atom. The van der Waals surface area contributed by atoms with Gasteiger partial charge in [-0.1, -0.05) is 0 Å². The summed E-state index contributed by atoms with van der Waals surface area (Å²) in [6, 6.07) is -0.641. The lowest BCUT2D eigenvalue weighted by Gasteiger charge is -2.33. The number of fused-ring (bicyclic) bond motifs is 1. The van der Waals surface area contributed by atoms with Crippen LogP contribution in [0.4, 0.5) is 0 Å². The lowest BCUT2D eigenvalue weighted by molar-refractivity contribution is -0.152. The summed E-state index contributed by atoms with van der Waals surface area (Å²) in [4.78, 5) is 39.5. The second kappa shape index (κ2) is 5.92. The molecule has 3 rings (SSSR count). The van der Waals surface area contributed by atoms with Crippen LogP contribution in [0, 0.1) is 20.8 Å². The van der Waals surface area contributed by atoms with E-state index in [0.29, 0.717) is 13.0 Å². The number of aryl methyl sites for hydroxylation is 1. The van der Waals surface area contributed by atoms with E-state index in [0.717, 1.165) is 17.0 Å². The molecule has 24 heavy (non-hydrogen) atoms. The van der Waals surface area contributed by atoms with Crippen molar-refractivity contribution in [3.8, 4) is 0 Å². The molecule has 0 spiro atoms. The van der Waals surface area contributed by atoms with Gasteiger partial charge in [-0.25, -0.2) is 0 Å². The molecule has 0 aliphatic carbocycles. The van der Waals surface area contributed by atoms with Gasteiger partial charge in [0.2, 0.25) is 17.7 Å². The Kier molecular flexibility index (Phi) is 4.06. The van der Waals surface area contributed by atoms with Gasteiger partial charge in [0.25, 0.3) is 0 Å². The van der Waals surface area contributed by atoms with E-state index >= 15 is 0 Å². The molecule has 2 saturated heterocycles. The van der Waals surface area contributed by atoms with Gasteiger partial charge >= 0.3 is 0 Å². The van der Waals surface area contributed by atoms with E-state index in [-0.39, 0.29) is 36.9 Å². The standard InChI is InChI=1S/C16H23N5O3/c1-9-10(2)18-21(11(9)3)7-14(22)17-12-5-13-16(24)19(4)8-15(23)20(13)6-12/h12-13H,5-8H2,1-4H3,(H,17,22)/t12-,13+/m1/s1. The molecule has 3 heterocycles. The molecule has 130 valence electrons. The second-order valence-corrected chi connectivity index (χ2v) is 6.71. The highest BCUT2D eigenvalue weighted by Gasteiger charge is 2.44. The lowest BCUT2D eigenvalue weighted by atomic mass is 10.1. The zero-order valence-electron chi connectivity index (χ0n) is 14.5. The first kappa shape index (κ1) is 16.5. The van der Waals surface area contributed by atoms with Crippen LogP contribution in [-0.2, 0) is 20.9 Å². The summed E-state index contributed by atoms with van der Waals surface area (Å²) < 4.78 is 1.69. The molecule has 0 radical (unpaired) electrons. The van der Waals surface area contributed by atoms with E-state index in [9.17, 15) is 14.4 Å². The Bertz CT molecular complexity index is 711. The molecule has 0 aromatic carbocycles. The molecule has 2 fully saturated rings. The van der Waals surface area contributed by atoms with Crippen LogP contribution in [0.3, 0.4) is 0 Å². The van der Waals surface area contributed by atoms with Crippen LogP contribution in [-0.4, -0.2) is 69.5 Å². The van der Waals surface area contributed by atoms with E-state index in [1.54, 1.807) is 16.6 Å². The molecular weight excluding hydrogens is 310 g/mol. The SMILES string of the molecule is Cc1nn(CC(=O)N[C@@H]2C[C@H]3C(=O)N(C)CC(=O)N3C2)c(C)c1C. The van der Waals surface area contributed by atoms with Crippen LogP contribution >= 0.6 is 0 Å². The molecule has 3 amide bonds. The molecule has 0 unspecified atom stereocenters. The maximum absolute atomic E-state index is 12.3. The Labute approximate surface area is 140 Å². The number of nitrogens with one attached hydrogen (secondary N) is 1. The van der Waals surface area contributed by atoms with Crippen LogP contribution in [0.25, 0.3) is 0 Å². The van der Waals surface area contributed by atoms with Crippen LogP contribution in [0.15, 0.2) is 0 Å². The highest BCUT2D eigenvalue weighted by Crippen LogP contribution is 2.23. The molecule has 0 saturated carbocycles. The van der Waals surface area contributed by atoms with Crippen molar-refractivity contribution in [1.82, 2.24) is 24.9 Å². The summed E-state index contributed by atoms with van der Waals surface area (Å²) in [5, 5.41) is 7.29. The third-order valence-electron chi connectivity index (χ3n) is 5.06. The molecule has 8 heteroatoms. The largest absolute Gasteiger partial charge is 0.350 e. The van der Waals surface area contributed by atoms with Crippen molar-refractivity contribution in [2.75, 3.05) is 20.1 Å². The van der Waals surface area contributed by atoms with E-state index in [2.05, 4.69) is 10.4 Å². The van der Waals surface area contributed by atoms with Crippen molar-refractivity contribution in [2.24, 2.45) is 0 Å². The molecular formula is C16H23N5O3. The average molecular weight is 333 g/mol. The minimum atomic E-state index is -0.447. The van der Waals surface area contributed by atoms with E-state index in [1.165, 1.54) is 4.90 Å². The summed E-state index contributed by atoms with van der Waals surface area (Å²) in [5.74, 6) is -0.271. The van der Waals surface area contributed by atoms with Crippen molar-refractivity contribution in [2.45, 2.75) is 45.8 Å². The average Bonchev–Trinajstić information content (AvgIpc) is 3.03. The summed E-state index contributed by atoms with van der Waals surface area (Å²) >= 11 is 0. The van der Waals surface area contributed by atoms with E-state index in [1.807, 2.05) is 20.8 Å². The number of hydrogen-bond acceptors (Lipinski definition) is 4. The zero-order chi connectivity index (χ0) is 17.6. The van der Waals surface area contributed by atoms with Gasteiger partial charge in [-0.15, -0.1) is 0 Å². The topological polar surface area (TPSA) is 87.5 Å². The fourth-order valence-corrected chi connectivity index (χ4v) is 3.43. The van der Waals surface area contributed by atoms with Gasteiger partial charge in [0.1, 0.15) is 12.6 Å². The minimum Gasteiger partial charge on any atom is -0.350 e. The molecule has 2 aliphatic heterocycles. The second-order valence-electron chi connectivity index (χ2n) is 6.71. The number of rotatable bonds is 3. The molecule has 1 N–H and O–H groups in total. The van der Waals surface area contributed by atoms with Crippen LogP contribution in [0.2, 0.25) is 0 Å². The van der Waals surface area contributed by atoms with Gasteiger partial charge in [0.15, 0.2) is 0 Å². The van der Waals surface area contributed by atoms with Gasteiger partial charge < -0.3 is 15.1 Å². The molecule has 8 nitrogen and oxygen atoms in total. The van der Waals surface area contributed by atoms with Gasteiger partial charge in [-0.2, -0.15) is 5.10 Å². The highest BCUT2D eigenvalue weighted by atomic mass is 16.2. The third-order valence-corrected chi connectivity index (χ3v) is 5.06. The molecule has 1 aromatic rings. The quantitative estimate of drug-likeness (QED) is 0.797. The maximum atomic E-state index is 12.3. The Morgan fingerprint density at radius 3 is 2.62 bits per heavy atom. The van der Waals surface area contributed by atoms with Crippen LogP contribution in [0.1, 0.15) is 23.4 Å². The summed E-state index contributed by atoms with van der Waals surface area (Å²) in [7, 11) is 1.63. The van der Waals surface area contributed by atoms with Crippen LogP contribution in [0.5, 0.6) is 0 Å². The van der Waals surface area contributed by atoms with E-state index in [4.69, 9.17) is 0 Å². The normalized spacial score (nSPS) is 23.7. The highest BCUT2D eigenvalue weighted by molar-refractivity contribution is 5.95. The molecule has 1 aromatic heterocycles. The molecule has 2 aliphatic rings. The number of hydrogen-bond donors (Lipinski definition) is 1. The number of aromatic nitrogens is 2. The maximum Gasteiger partial charge on any atom is 0.245 e. The number of carbonyl (C=O) groups excluding carboxylic acids is 3. The number of amides is 3. The van der Waals surface area contributed by atoms with Crippen molar-refractivity contribution < 1.29 is 14.4 Å². The third kappa shape index (κ3) is 2.76. The van der Waals surface area contributed by atoms with Gasteiger partial charge in [0, 0.05) is 25.3 Å². The monoisotopic (exact) mass is 333 g/mol. The summed E-state index contributed by atoms with van der Waals surface area (Å²) in [5.41, 5.74) is 2.97. The fraction of sp³-hybridized carbons (Fsp3) is 0.625. The van der Waals surface area contributed by atoms with Crippen molar-refractivity contribution in [3.05, 3.63) is 17.0 Å². The van der Waals surface area contributed by atoms with Crippen molar-refractivity contribution in [1.29, 1.82) is 0 Å². The van der Waals surface area contributed by atoms with Crippen molar-refractivity contribution in [3.63, 3.8) is 0 Å². The number of nitrogens with zero attached hydrogens (tertiary/aromatic N) is 4. The predicted molar refractivity (Wildman–Crippen MR) is 86.1 cm³/mol. The number of likely N-dealkylation sites (N-methyl/N-ethyl adjacent to an activating group) is 1. The number of carbonyl (C=O) groups is 3. The first-order valence-electron chi connectivity index (χ1n) is 8.12. The predicted octanol–water partition coefficient (Wildman–Crippen LogP) is -0.634. The van der Waals surface area contributed by atoms with Gasteiger partial charge in [-0.3, -0.25) is 19.1 Å². The Morgan fingerprint density at radius 1 is 1.29 bits per heavy atom. The molecule has 0 bridgehead atoms. The lowest BCUT2D eigenvalue weighted by Crippen LogP contribution is -2.55. The molecule has 2 atom stereocenters. The van der Waals surface area contributed by atoms with Gasteiger partial charge in [-0.05, 0) is 32.8 Å². The minimum absolute atomic E-state index is 0.0551. The summed E-state index contributed by atoms with van der Waals surface area (Å²) in [6.45, 7) is 6.48. The Balaban J connectivity index is 1.63. The first-order valence-corrected chi connectivity index (χ1v) is 8.12. The Hall–Kier alpha value is -2.38. The van der Waals surface area contributed by atoms with Crippen molar-refractivity contribution >= 4 is 17.7 Å². The van der Waals surface area contributed by atoms with Gasteiger partial charge in [0.05, 0.1) is 12.2 Å². The zero-order valence-corrected chi connectivity index (χ0v) is 14.5. The van der Waals surface area contributed by atoms with E-state index < -0.39 is 6.04 Å².